The number of hydrogen-bond acceptors (Lipinski definition) is 8. The van der Waals surface area contributed by atoms with Crippen LogP contribution in [0.25, 0.3) is 0 Å². The first-order valence-corrected chi connectivity index (χ1v) is 10.8. The highest BCUT2D eigenvalue weighted by Gasteiger charge is 2.19. The number of anilines is 2. The number of aliphatic hydroxyl groups is 1. The van der Waals surface area contributed by atoms with Crippen molar-refractivity contribution in [3.63, 3.8) is 0 Å². The number of nitrogens with zero attached hydrogens (tertiary/aromatic N) is 1. The molecule has 10 nitrogen and oxygen atoms in total. The number of halogens is 1. The Kier molecular flexibility index (Phi) is 9.39. The van der Waals surface area contributed by atoms with Crippen molar-refractivity contribution in [1.82, 2.24) is 5.32 Å². The Labute approximate surface area is 202 Å². The molecule has 5 N–H and O–H groups in total. The van der Waals surface area contributed by atoms with Crippen LogP contribution >= 0.6 is 0 Å². The average Bonchev–Trinajstić information content (AvgIpc) is 2.78. The van der Waals surface area contributed by atoms with E-state index in [9.17, 15) is 19.1 Å². The van der Waals surface area contributed by atoms with E-state index in [1.54, 1.807) is 13.0 Å². The van der Waals surface area contributed by atoms with Crippen molar-refractivity contribution in [3.8, 4) is 17.6 Å². The Morgan fingerprint density at radius 2 is 2.06 bits per heavy atom. The predicted molar refractivity (Wildman–Crippen MR) is 127 cm³/mol. The first-order chi connectivity index (χ1) is 16.4. The zero-order chi connectivity index (χ0) is 26.2. The highest BCUT2D eigenvalue weighted by Crippen LogP contribution is 2.30. The number of β-amino-alcohol motifs (C(OH)–C–C–N with tert-alkyl or cyclic N) is 1. The van der Waals surface area contributed by atoms with Crippen LogP contribution in [0, 0.1) is 17.1 Å². The monoisotopic (exact) mass is 488 g/mol. The third-order valence-corrected chi connectivity index (χ3v) is 4.54. The van der Waals surface area contributed by atoms with E-state index in [4.69, 9.17) is 15.1 Å². The number of benzene rings is 2. The van der Waals surface area contributed by atoms with E-state index in [1.807, 2.05) is 26.8 Å². The van der Waals surface area contributed by atoms with Gasteiger partial charge in [-0.05, 0) is 57.5 Å². The topological polar surface area (TPSA) is 153 Å². The number of phenols is 1. The molecule has 0 radical (unpaired) electrons. The molecule has 3 rings (SSSR count). The second-order valence-electron chi connectivity index (χ2n) is 8.55. The van der Waals surface area contributed by atoms with Gasteiger partial charge in [0.05, 0.1) is 29.6 Å². The number of amides is 2. The van der Waals surface area contributed by atoms with Gasteiger partial charge >= 0.3 is 6.09 Å². The summed E-state index contributed by atoms with van der Waals surface area (Å²) in [5.41, 5.74) is 0.230. The minimum atomic E-state index is -0.979. The van der Waals surface area contributed by atoms with Gasteiger partial charge in [0, 0.05) is 18.2 Å². The number of carbonyl (C=O) groups excluding carboxylic acids is 2. The molecule has 1 atom stereocenters. The number of nitrogens with one attached hydrogen (secondary N) is 3. The Balaban J connectivity index is 0.000000298. The Morgan fingerprint density at radius 3 is 2.69 bits per heavy atom. The molecule has 0 saturated heterocycles. The molecular weight excluding hydrogens is 459 g/mol. The van der Waals surface area contributed by atoms with E-state index in [2.05, 4.69) is 20.7 Å². The molecule has 188 valence electrons. The standard InChI is InChI=1S/C16H22FN3O3.C8H7NO3/c1-5-23-15(22)20-14-11(8-18)6-10(7-12(14)17)13(21)9-19-16(2,3)4;10-5-1-2-7-6(3-5)9-8(11)4-12-7/h6-7,13,19,21H,5,9H2,1-4H3,(H,20,22);1-3,10H,4H2,(H,9,11). The highest BCUT2D eigenvalue weighted by atomic mass is 19.1. The maximum Gasteiger partial charge on any atom is 0.411 e. The molecule has 35 heavy (non-hydrogen) atoms. The summed E-state index contributed by atoms with van der Waals surface area (Å²) in [6.45, 7) is 7.80. The van der Waals surface area contributed by atoms with Gasteiger partial charge in [-0.25, -0.2) is 9.18 Å². The number of nitriles is 1. The van der Waals surface area contributed by atoms with E-state index >= 15 is 0 Å². The Hall–Kier alpha value is -3.88. The fourth-order valence-corrected chi connectivity index (χ4v) is 2.90. The second-order valence-corrected chi connectivity index (χ2v) is 8.55. The lowest BCUT2D eigenvalue weighted by atomic mass is 10.0. The maximum absolute atomic E-state index is 14.2. The van der Waals surface area contributed by atoms with Crippen LogP contribution in [0.5, 0.6) is 11.5 Å². The molecule has 0 aromatic heterocycles. The number of fused-ring (bicyclic) bond motifs is 1. The third kappa shape index (κ3) is 8.44. The van der Waals surface area contributed by atoms with Gasteiger partial charge in [0.25, 0.3) is 5.91 Å². The molecule has 1 heterocycles. The van der Waals surface area contributed by atoms with Gasteiger partial charge in [-0.1, -0.05) is 0 Å². The Morgan fingerprint density at radius 1 is 1.34 bits per heavy atom. The number of ether oxygens (including phenoxy) is 2. The van der Waals surface area contributed by atoms with Crippen LogP contribution in [0.3, 0.4) is 0 Å². The molecule has 1 unspecified atom stereocenters. The van der Waals surface area contributed by atoms with Crippen molar-refractivity contribution in [2.24, 2.45) is 0 Å². The lowest BCUT2D eigenvalue weighted by Crippen LogP contribution is -2.38. The van der Waals surface area contributed by atoms with Gasteiger partial charge in [0.1, 0.15) is 23.4 Å². The van der Waals surface area contributed by atoms with Crippen molar-refractivity contribution in [2.75, 3.05) is 30.4 Å². The fourth-order valence-electron chi connectivity index (χ4n) is 2.90. The Bertz CT molecular complexity index is 1110. The van der Waals surface area contributed by atoms with Crippen LogP contribution < -0.4 is 20.7 Å². The minimum Gasteiger partial charge on any atom is -0.508 e. The van der Waals surface area contributed by atoms with Crippen LogP contribution in [-0.4, -0.2) is 47.5 Å². The number of aromatic hydroxyl groups is 1. The number of aliphatic hydroxyl groups excluding tert-OH is 1. The van der Waals surface area contributed by atoms with Crippen LogP contribution in [-0.2, 0) is 9.53 Å². The smallest absolute Gasteiger partial charge is 0.411 e. The summed E-state index contributed by atoms with van der Waals surface area (Å²) in [4.78, 5) is 22.2. The van der Waals surface area contributed by atoms with Crippen molar-refractivity contribution in [3.05, 3.63) is 47.3 Å². The van der Waals surface area contributed by atoms with Gasteiger partial charge in [0.15, 0.2) is 6.61 Å². The van der Waals surface area contributed by atoms with Crippen molar-refractivity contribution < 1.29 is 33.7 Å². The van der Waals surface area contributed by atoms with Crippen molar-refractivity contribution >= 4 is 23.4 Å². The largest absolute Gasteiger partial charge is 0.508 e. The molecule has 0 spiro atoms. The zero-order valence-corrected chi connectivity index (χ0v) is 19.9. The van der Waals surface area contributed by atoms with Gasteiger partial charge in [-0.2, -0.15) is 5.26 Å². The fraction of sp³-hybridized carbons (Fsp3) is 0.375. The number of hydrogen-bond donors (Lipinski definition) is 5. The van der Waals surface area contributed by atoms with Crippen LogP contribution in [0.1, 0.15) is 44.9 Å². The van der Waals surface area contributed by atoms with E-state index in [0.717, 1.165) is 6.07 Å². The molecule has 0 fully saturated rings. The molecular formula is C24H29FN4O6. The van der Waals surface area contributed by atoms with Gasteiger partial charge in [-0.3, -0.25) is 10.1 Å². The molecule has 1 aliphatic rings. The van der Waals surface area contributed by atoms with Crippen LogP contribution in [0.15, 0.2) is 30.3 Å². The predicted octanol–water partition coefficient (Wildman–Crippen LogP) is 3.41. The normalized spacial score (nSPS) is 13.1. The summed E-state index contributed by atoms with van der Waals surface area (Å²) in [6, 6.07) is 8.83. The molecule has 1 aliphatic heterocycles. The van der Waals surface area contributed by atoms with Gasteiger partial charge in [-0.15, -0.1) is 0 Å². The van der Waals surface area contributed by atoms with E-state index in [0.29, 0.717) is 11.4 Å². The quantitative estimate of drug-likeness (QED) is 0.429. The number of phenolic OH excluding ortho intramolecular Hbond substituents is 1. The lowest BCUT2D eigenvalue weighted by molar-refractivity contribution is -0.118. The molecule has 2 amide bonds. The highest BCUT2D eigenvalue weighted by molar-refractivity contribution is 5.95. The number of rotatable bonds is 5. The molecule has 0 aliphatic carbocycles. The molecule has 11 heteroatoms. The summed E-state index contributed by atoms with van der Waals surface area (Å²) >= 11 is 0. The van der Waals surface area contributed by atoms with E-state index < -0.39 is 18.0 Å². The summed E-state index contributed by atoms with van der Waals surface area (Å²) in [5, 5.41) is 36.2. The zero-order valence-electron chi connectivity index (χ0n) is 19.9. The minimum absolute atomic E-state index is 0.0395. The van der Waals surface area contributed by atoms with E-state index in [1.165, 1.54) is 18.2 Å². The third-order valence-electron chi connectivity index (χ3n) is 4.54. The molecule has 0 bridgehead atoms. The summed E-state index contributed by atoms with van der Waals surface area (Å²) in [5.74, 6) is -0.304. The lowest BCUT2D eigenvalue weighted by Gasteiger charge is -2.23. The van der Waals surface area contributed by atoms with Gasteiger partial charge < -0.3 is 30.3 Å². The van der Waals surface area contributed by atoms with Crippen molar-refractivity contribution in [1.29, 1.82) is 5.26 Å². The van der Waals surface area contributed by atoms with Crippen LogP contribution in [0.4, 0.5) is 20.6 Å². The summed E-state index contributed by atoms with van der Waals surface area (Å²) < 4.78 is 23.9. The van der Waals surface area contributed by atoms with Gasteiger partial charge in [0.2, 0.25) is 0 Å². The number of carbonyl (C=O) groups is 2. The van der Waals surface area contributed by atoms with Crippen molar-refractivity contribution in [2.45, 2.75) is 39.3 Å². The SMILES string of the molecule is CCOC(=O)Nc1c(F)cc(C(O)CNC(C)(C)C)cc1C#N.O=C1COc2ccc(O)cc2N1. The molecule has 2 aromatic carbocycles. The summed E-state index contributed by atoms with van der Waals surface area (Å²) in [7, 11) is 0. The van der Waals surface area contributed by atoms with Crippen LogP contribution in [0.2, 0.25) is 0 Å². The molecule has 0 saturated carbocycles. The molecule has 2 aromatic rings. The maximum atomic E-state index is 14.2. The van der Waals surface area contributed by atoms with E-state index in [-0.39, 0.29) is 53.8 Å². The first-order valence-electron chi connectivity index (χ1n) is 10.8. The second kappa shape index (κ2) is 12.0. The first kappa shape index (κ1) is 27.4. The summed E-state index contributed by atoms with van der Waals surface area (Å²) in [6.07, 6.45) is -1.82. The average molecular weight is 489 g/mol.